The Morgan fingerprint density at radius 1 is 0.348 bits per heavy atom. The number of phenolic OH excluding ortho intramolecular Hbond substituents is 3. The van der Waals surface area contributed by atoms with E-state index in [0.717, 1.165) is 15.6 Å². The van der Waals surface area contributed by atoms with Gasteiger partial charge >= 0.3 is 0 Å². The summed E-state index contributed by atoms with van der Waals surface area (Å²) in [6.45, 7) is 0. The van der Waals surface area contributed by atoms with E-state index >= 15 is 0 Å². The van der Waals surface area contributed by atoms with Crippen LogP contribution in [0.25, 0.3) is 0 Å². The zero-order chi connectivity index (χ0) is 32.2. The van der Waals surface area contributed by atoms with Gasteiger partial charge in [-0.05, 0) is 72.8 Å². The number of nitrogen functional groups attached to an aromatic ring is 3. The monoisotopic (exact) mass is 628 g/mol. The molecule has 6 aromatic rings. The molecule has 6 aromatic carbocycles. The molecule has 0 fully saturated rings. The number of hydrogen-bond donors (Lipinski definition) is 6. The van der Waals surface area contributed by atoms with E-state index in [9.17, 15) is 15.3 Å². The Hall–Kier alpha value is -6.26. The normalized spacial score (nSPS) is 10.9. The third-order valence-electron chi connectivity index (χ3n) is 7.14. The number of phenols is 3. The average Bonchev–Trinajstić information content (AvgIpc) is 3.05. The average molecular weight is 629 g/mol. The third kappa shape index (κ3) is 6.77. The molecule has 0 aromatic heterocycles. The number of hydrogen-bond acceptors (Lipinski definition) is 9. The zero-order valence-electron chi connectivity index (χ0n) is 24.4. The van der Waals surface area contributed by atoms with Crippen LogP contribution in [0.1, 0.15) is 0 Å². The lowest BCUT2D eigenvalue weighted by Gasteiger charge is -2.18. The predicted octanol–water partition coefficient (Wildman–Crippen LogP) is 5.44. The maximum Gasteiger partial charge on any atom is 0.154 e. The zero-order valence-corrected chi connectivity index (χ0v) is 25.4. The topological polar surface area (TPSA) is 166 Å². The van der Waals surface area contributed by atoms with Crippen LogP contribution in [-0.2, 0) is 0 Å². The molecular weight excluding hydrogens is 598 g/mol. The Balaban J connectivity index is 1.28. The molecule has 0 heterocycles. The van der Waals surface area contributed by atoms with Gasteiger partial charge in [-0.3, -0.25) is 0 Å². The molecule has 46 heavy (non-hydrogen) atoms. The van der Waals surface area contributed by atoms with Crippen molar-refractivity contribution in [2.24, 2.45) is 0 Å². The van der Waals surface area contributed by atoms with Gasteiger partial charge in [-0.25, -0.2) is 0 Å². The molecule has 0 bridgehead atoms. The van der Waals surface area contributed by atoms with Crippen molar-refractivity contribution in [2.45, 2.75) is 0 Å². The standard InChI is InChI=1S/C36H30N3O6Si/c37-31-16-7-25(19-34(31)40)43-22-1-10-28(11-2-22)46(29-12-3-23(4-13-29)44-26-8-17-32(38)35(41)20-26)30-14-5-24(6-15-30)45-27-9-18-33(39)36(42)21-27/h1-21,40-42H,37-39H2. The van der Waals surface area contributed by atoms with E-state index in [1.54, 1.807) is 36.4 Å². The largest absolute Gasteiger partial charge is 0.506 e. The van der Waals surface area contributed by atoms with Crippen molar-refractivity contribution in [3.05, 3.63) is 127 Å². The highest BCUT2D eigenvalue weighted by atomic mass is 28.3. The van der Waals surface area contributed by atoms with Crippen LogP contribution in [0.5, 0.6) is 51.7 Å². The summed E-state index contributed by atoms with van der Waals surface area (Å²) in [5, 5.41) is 33.1. The first-order chi connectivity index (χ1) is 22.2. The van der Waals surface area contributed by atoms with Gasteiger partial charge < -0.3 is 46.7 Å². The molecule has 0 atom stereocenters. The molecule has 229 valence electrons. The van der Waals surface area contributed by atoms with Crippen LogP contribution in [-0.4, -0.2) is 24.1 Å². The molecule has 0 aliphatic rings. The highest BCUT2D eigenvalue weighted by molar-refractivity contribution is 6.95. The minimum absolute atomic E-state index is 0.0409. The van der Waals surface area contributed by atoms with E-state index in [2.05, 4.69) is 0 Å². The van der Waals surface area contributed by atoms with Crippen molar-refractivity contribution in [3.63, 3.8) is 0 Å². The SMILES string of the molecule is Nc1ccc(Oc2ccc([Si](c3ccc(Oc4ccc(N)c(O)c4)cc3)c3ccc(Oc4ccc(N)c(O)c4)cc3)cc2)cc1O. The lowest BCUT2D eigenvalue weighted by molar-refractivity contribution is 0.456. The van der Waals surface area contributed by atoms with Crippen LogP contribution in [0.3, 0.4) is 0 Å². The van der Waals surface area contributed by atoms with E-state index < -0.39 is 8.80 Å². The number of aromatic hydroxyl groups is 3. The van der Waals surface area contributed by atoms with Crippen molar-refractivity contribution in [2.75, 3.05) is 17.2 Å². The Morgan fingerprint density at radius 3 is 0.826 bits per heavy atom. The molecule has 0 spiro atoms. The van der Waals surface area contributed by atoms with Crippen molar-refractivity contribution in [3.8, 4) is 51.7 Å². The van der Waals surface area contributed by atoms with Crippen molar-refractivity contribution >= 4 is 41.4 Å². The fourth-order valence-electron chi connectivity index (χ4n) is 4.74. The fourth-order valence-corrected chi connectivity index (χ4v) is 7.24. The highest BCUT2D eigenvalue weighted by Crippen LogP contribution is 2.31. The second kappa shape index (κ2) is 12.8. The van der Waals surface area contributed by atoms with E-state index in [-0.39, 0.29) is 34.3 Å². The Labute approximate surface area is 266 Å². The first kappa shape index (κ1) is 29.8. The summed E-state index contributed by atoms with van der Waals surface area (Å²) in [6, 6.07) is 37.8. The Morgan fingerprint density at radius 2 is 0.587 bits per heavy atom. The Kier molecular flexibility index (Phi) is 8.27. The van der Waals surface area contributed by atoms with Crippen molar-refractivity contribution < 1.29 is 29.5 Å². The summed E-state index contributed by atoms with van der Waals surface area (Å²) < 4.78 is 17.8. The van der Waals surface area contributed by atoms with Crippen LogP contribution >= 0.6 is 0 Å². The number of anilines is 3. The molecule has 9 N–H and O–H groups in total. The molecule has 0 aliphatic heterocycles. The summed E-state index contributed by atoms with van der Waals surface area (Å²) in [5.41, 5.74) is 18.0. The highest BCUT2D eigenvalue weighted by Gasteiger charge is 2.21. The quantitative estimate of drug-likeness (QED) is 0.0529. The van der Waals surface area contributed by atoms with E-state index in [4.69, 9.17) is 31.4 Å². The molecular formula is C36H30N3O6Si. The van der Waals surface area contributed by atoms with Crippen LogP contribution in [0.4, 0.5) is 17.1 Å². The smallest absolute Gasteiger partial charge is 0.154 e. The van der Waals surface area contributed by atoms with Gasteiger partial charge in [0.2, 0.25) is 0 Å². The molecule has 0 saturated heterocycles. The van der Waals surface area contributed by atoms with Crippen molar-refractivity contribution in [1.82, 2.24) is 0 Å². The maximum atomic E-state index is 9.95. The number of benzene rings is 6. The van der Waals surface area contributed by atoms with E-state index in [0.29, 0.717) is 34.5 Å². The van der Waals surface area contributed by atoms with E-state index in [1.807, 2.05) is 72.8 Å². The molecule has 1 radical (unpaired) electrons. The van der Waals surface area contributed by atoms with Crippen molar-refractivity contribution in [1.29, 1.82) is 0 Å². The van der Waals surface area contributed by atoms with Gasteiger partial charge in [-0.1, -0.05) is 52.0 Å². The first-order valence-corrected chi connectivity index (χ1v) is 15.7. The van der Waals surface area contributed by atoms with Gasteiger partial charge in [0.05, 0.1) is 17.1 Å². The second-order valence-electron chi connectivity index (χ2n) is 10.4. The van der Waals surface area contributed by atoms with Gasteiger partial charge in [-0.2, -0.15) is 0 Å². The summed E-state index contributed by atoms with van der Waals surface area (Å²) in [4.78, 5) is 0. The summed E-state index contributed by atoms with van der Waals surface area (Å²) in [7, 11) is -1.52. The molecule has 0 amide bonds. The Bertz CT molecular complexity index is 1750. The van der Waals surface area contributed by atoms with E-state index in [1.165, 1.54) is 18.2 Å². The number of nitrogens with two attached hydrogens (primary N) is 3. The summed E-state index contributed by atoms with van der Waals surface area (Å²) in [6.07, 6.45) is 0. The molecule has 0 unspecified atom stereocenters. The maximum absolute atomic E-state index is 9.95. The van der Waals surface area contributed by atoms with Crippen LogP contribution < -0.4 is 47.0 Å². The van der Waals surface area contributed by atoms with Crippen LogP contribution in [0.15, 0.2) is 127 Å². The minimum Gasteiger partial charge on any atom is -0.506 e. The molecule has 6 rings (SSSR count). The van der Waals surface area contributed by atoms with Gasteiger partial charge in [0.1, 0.15) is 51.7 Å². The molecule has 0 saturated carbocycles. The second-order valence-corrected chi connectivity index (χ2v) is 12.9. The van der Waals surface area contributed by atoms with Gasteiger partial charge in [-0.15, -0.1) is 0 Å². The summed E-state index contributed by atoms with van der Waals surface area (Å²) >= 11 is 0. The first-order valence-electron chi connectivity index (χ1n) is 14.2. The number of rotatable bonds is 9. The molecule has 10 heteroatoms. The van der Waals surface area contributed by atoms with Gasteiger partial charge in [0.25, 0.3) is 0 Å². The fraction of sp³-hybridized carbons (Fsp3) is 0. The van der Waals surface area contributed by atoms with Gasteiger partial charge in [0.15, 0.2) is 8.80 Å². The van der Waals surface area contributed by atoms with Crippen LogP contribution in [0.2, 0.25) is 0 Å². The number of ether oxygens (including phenoxy) is 3. The minimum atomic E-state index is -1.52. The van der Waals surface area contributed by atoms with Gasteiger partial charge in [0, 0.05) is 18.2 Å². The lowest BCUT2D eigenvalue weighted by atomic mass is 10.3. The molecule has 0 aliphatic carbocycles. The van der Waals surface area contributed by atoms with Crippen LogP contribution in [0, 0.1) is 0 Å². The molecule has 9 nitrogen and oxygen atoms in total. The third-order valence-corrected chi connectivity index (χ3v) is 9.87. The predicted molar refractivity (Wildman–Crippen MR) is 182 cm³/mol. The summed E-state index contributed by atoms with van der Waals surface area (Å²) in [5.74, 6) is 3.13. The lowest BCUT2D eigenvalue weighted by Crippen LogP contribution is -2.51.